The summed E-state index contributed by atoms with van der Waals surface area (Å²) >= 11 is 0. The summed E-state index contributed by atoms with van der Waals surface area (Å²) in [5, 5.41) is 0. The molecule has 0 bridgehead atoms. The molecule has 0 unspecified atom stereocenters. The maximum atomic E-state index is 12.9. The number of carbonyl (C=O) groups is 2. The summed E-state index contributed by atoms with van der Waals surface area (Å²) in [6, 6.07) is 5.39. The molecule has 2 amide bonds. The van der Waals surface area contributed by atoms with Crippen molar-refractivity contribution < 1.29 is 23.8 Å². The number of hydrogen-bond acceptors (Lipinski definition) is 5. The molecule has 0 spiro atoms. The molecular formula is C20H30N2O5. The van der Waals surface area contributed by atoms with Gasteiger partial charge in [0.25, 0.3) is 0 Å². The average molecular weight is 378 g/mol. The number of hydrogen-bond donors (Lipinski definition) is 0. The van der Waals surface area contributed by atoms with Crippen molar-refractivity contribution >= 4 is 17.7 Å². The van der Waals surface area contributed by atoms with Gasteiger partial charge in [-0.05, 0) is 45.7 Å². The van der Waals surface area contributed by atoms with E-state index >= 15 is 0 Å². The van der Waals surface area contributed by atoms with E-state index in [9.17, 15) is 9.59 Å². The number of likely N-dealkylation sites (tertiary alicyclic amines) is 1. The van der Waals surface area contributed by atoms with Crippen LogP contribution in [0.1, 0.15) is 33.6 Å². The maximum Gasteiger partial charge on any atom is 0.410 e. The third kappa shape index (κ3) is 5.28. The van der Waals surface area contributed by atoms with E-state index in [-0.39, 0.29) is 17.9 Å². The third-order valence-corrected chi connectivity index (χ3v) is 4.58. The van der Waals surface area contributed by atoms with Gasteiger partial charge in [-0.25, -0.2) is 4.79 Å². The van der Waals surface area contributed by atoms with E-state index in [1.165, 1.54) is 0 Å². The fourth-order valence-corrected chi connectivity index (χ4v) is 3.07. The molecule has 150 valence electrons. The molecule has 2 rings (SSSR count). The zero-order valence-electron chi connectivity index (χ0n) is 17.1. The van der Waals surface area contributed by atoms with Crippen LogP contribution < -0.4 is 14.4 Å². The minimum Gasteiger partial charge on any atom is -0.493 e. The molecule has 0 aromatic heterocycles. The molecule has 1 aliphatic rings. The monoisotopic (exact) mass is 378 g/mol. The van der Waals surface area contributed by atoms with Gasteiger partial charge in [0.1, 0.15) is 5.60 Å². The Morgan fingerprint density at radius 1 is 1.07 bits per heavy atom. The normalized spacial score (nSPS) is 15.3. The molecule has 0 saturated carbocycles. The lowest BCUT2D eigenvalue weighted by Gasteiger charge is -2.34. The van der Waals surface area contributed by atoms with Gasteiger partial charge in [-0.2, -0.15) is 0 Å². The number of nitrogens with zero attached hydrogens (tertiary/aromatic N) is 2. The Morgan fingerprint density at radius 2 is 1.67 bits per heavy atom. The molecule has 1 saturated heterocycles. The Morgan fingerprint density at radius 3 is 2.19 bits per heavy atom. The number of anilines is 1. The highest BCUT2D eigenvalue weighted by molar-refractivity contribution is 5.95. The number of amides is 2. The van der Waals surface area contributed by atoms with Gasteiger partial charge in [-0.3, -0.25) is 4.79 Å². The summed E-state index contributed by atoms with van der Waals surface area (Å²) in [7, 11) is 4.89. The molecule has 0 radical (unpaired) electrons. The van der Waals surface area contributed by atoms with Gasteiger partial charge in [0.2, 0.25) is 5.91 Å². The second-order valence-corrected chi connectivity index (χ2v) is 7.68. The van der Waals surface area contributed by atoms with E-state index in [0.29, 0.717) is 37.4 Å². The van der Waals surface area contributed by atoms with Gasteiger partial charge in [0, 0.05) is 37.8 Å². The number of ether oxygens (including phenoxy) is 3. The number of methoxy groups -OCH3 is 2. The van der Waals surface area contributed by atoms with Gasteiger partial charge in [0.05, 0.1) is 14.2 Å². The zero-order chi connectivity index (χ0) is 20.2. The van der Waals surface area contributed by atoms with Crippen LogP contribution in [0.4, 0.5) is 10.5 Å². The predicted octanol–water partition coefficient (Wildman–Crippen LogP) is 3.31. The van der Waals surface area contributed by atoms with Crippen molar-refractivity contribution in [3.8, 4) is 11.5 Å². The zero-order valence-corrected chi connectivity index (χ0v) is 17.1. The first-order chi connectivity index (χ1) is 12.7. The van der Waals surface area contributed by atoms with Gasteiger partial charge >= 0.3 is 6.09 Å². The molecule has 1 fully saturated rings. The summed E-state index contributed by atoms with van der Waals surface area (Å²) < 4.78 is 16.0. The summed E-state index contributed by atoms with van der Waals surface area (Å²) in [6.07, 6.45) is 0.924. The molecule has 0 aliphatic carbocycles. The molecule has 1 aliphatic heterocycles. The van der Waals surface area contributed by atoms with Crippen LogP contribution >= 0.6 is 0 Å². The maximum absolute atomic E-state index is 12.9. The van der Waals surface area contributed by atoms with Crippen molar-refractivity contribution in [3.63, 3.8) is 0 Å². The highest BCUT2D eigenvalue weighted by atomic mass is 16.6. The van der Waals surface area contributed by atoms with E-state index in [1.807, 2.05) is 26.8 Å². The second kappa shape index (κ2) is 8.50. The Bertz CT molecular complexity index is 675. The van der Waals surface area contributed by atoms with Crippen molar-refractivity contribution in [2.24, 2.45) is 5.92 Å². The van der Waals surface area contributed by atoms with Crippen LogP contribution in [0.3, 0.4) is 0 Å². The standard InChI is InChI=1S/C20H30N2O5/c1-20(2,3)27-19(24)22-11-9-14(10-12-22)18(23)21(4)15-7-8-16(25-5)17(13-15)26-6/h7-8,13-14H,9-12H2,1-6H3. The number of rotatable bonds is 4. The largest absolute Gasteiger partial charge is 0.493 e. The smallest absolute Gasteiger partial charge is 0.410 e. The van der Waals surface area contributed by atoms with E-state index in [2.05, 4.69) is 0 Å². The second-order valence-electron chi connectivity index (χ2n) is 7.68. The Labute approximate surface area is 161 Å². The lowest BCUT2D eigenvalue weighted by Crippen LogP contribution is -2.45. The molecule has 1 heterocycles. The van der Waals surface area contributed by atoms with Gasteiger partial charge in [0.15, 0.2) is 11.5 Å². The average Bonchev–Trinajstić information content (AvgIpc) is 2.65. The van der Waals surface area contributed by atoms with Crippen LogP contribution in [-0.2, 0) is 9.53 Å². The molecule has 1 aromatic carbocycles. The molecule has 1 aromatic rings. The Balaban J connectivity index is 1.98. The topological polar surface area (TPSA) is 68.3 Å². The molecule has 7 heteroatoms. The van der Waals surface area contributed by atoms with Crippen molar-refractivity contribution in [2.45, 2.75) is 39.2 Å². The van der Waals surface area contributed by atoms with Crippen LogP contribution in [0.5, 0.6) is 11.5 Å². The highest BCUT2D eigenvalue weighted by Crippen LogP contribution is 2.32. The van der Waals surface area contributed by atoms with E-state index < -0.39 is 5.60 Å². The minimum atomic E-state index is -0.516. The van der Waals surface area contributed by atoms with Crippen molar-refractivity contribution in [3.05, 3.63) is 18.2 Å². The van der Waals surface area contributed by atoms with Crippen molar-refractivity contribution in [2.75, 3.05) is 39.3 Å². The summed E-state index contributed by atoms with van der Waals surface area (Å²) in [6.45, 7) is 6.58. The van der Waals surface area contributed by atoms with Gasteiger partial charge < -0.3 is 24.0 Å². The quantitative estimate of drug-likeness (QED) is 0.804. The molecular weight excluding hydrogens is 348 g/mol. The number of carbonyl (C=O) groups excluding carboxylic acids is 2. The van der Waals surface area contributed by atoms with E-state index in [1.54, 1.807) is 43.2 Å². The van der Waals surface area contributed by atoms with E-state index in [0.717, 1.165) is 5.69 Å². The minimum absolute atomic E-state index is 0.0334. The van der Waals surface area contributed by atoms with Crippen LogP contribution in [0.2, 0.25) is 0 Å². The fourth-order valence-electron chi connectivity index (χ4n) is 3.07. The van der Waals surface area contributed by atoms with E-state index in [4.69, 9.17) is 14.2 Å². The first kappa shape index (κ1) is 20.9. The lowest BCUT2D eigenvalue weighted by atomic mass is 9.95. The number of piperidine rings is 1. The van der Waals surface area contributed by atoms with Gasteiger partial charge in [-0.1, -0.05) is 0 Å². The lowest BCUT2D eigenvalue weighted by molar-refractivity contribution is -0.123. The van der Waals surface area contributed by atoms with Gasteiger partial charge in [-0.15, -0.1) is 0 Å². The predicted molar refractivity (Wildman–Crippen MR) is 103 cm³/mol. The highest BCUT2D eigenvalue weighted by Gasteiger charge is 2.31. The van der Waals surface area contributed by atoms with Crippen LogP contribution in [0.25, 0.3) is 0 Å². The molecule has 7 nitrogen and oxygen atoms in total. The summed E-state index contributed by atoms with van der Waals surface area (Å²) in [4.78, 5) is 28.3. The molecule has 0 N–H and O–H groups in total. The van der Waals surface area contributed by atoms with Crippen molar-refractivity contribution in [1.82, 2.24) is 4.90 Å². The number of benzene rings is 1. The summed E-state index contributed by atoms with van der Waals surface area (Å²) in [5.41, 5.74) is 0.226. The van der Waals surface area contributed by atoms with Crippen LogP contribution in [0.15, 0.2) is 18.2 Å². The van der Waals surface area contributed by atoms with Crippen LogP contribution in [-0.4, -0.2) is 56.9 Å². The Hall–Kier alpha value is -2.44. The molecule has 27 heavy (non-hydrogen) atoms. The summed E-state index contributed by atoms with van der Waals surface area (Å²) in [5.74, 6) is 1.11. The fraction of sp³-hybridized carbons (Fsp3) is 0.600. The molecule has 0 atom stereocenters. The van der Waals surface area contributed by atoms with Crippen molar-refractivity contribution in [1.29, 1.82) is 0 Å². The van der Waals surface area contributed by atoms with Crippen LogP contribution in [0, 0.1) is 5.92 Å². The Kier molecular flexibility index (Phi) is 6.57. The third-order valence-electron chi connectivity index (χ3n) is 4.58. The first-order valence-electron chi connectivity index (χ1n) is 9.13. The SMILES string of the molecule is COc1ccc(N(C)C(=O)C2CCN(C(=O)OC(C)(C)C)CC2)cc1OC. The first-order valence-corrected chi connectivity index (χ1v) is 9.13.